The molecule has 1 heterocycles. The minimum absolute atomic E-state index is 0.202. The van der Waals surface area contributed by atoms with Crippen molar-refractivity contribution in [2.45, 2.75) is 15.0 Å². The zero-order valence-electron chi connectivity index (χ0n) is 11.9. The summed E-state index contributed by atoms with van der Waals surface area (Å²) in [4.78, 5) is 0.202. The molecule has 0 bridgehead atoms. The molecular formula is C15H13N3O2S3. The largest absolute Gasteiger partial charge is 0.263 e. The van der Waals surface area contributed by atoms with Crippen molar-refractivity contribution in [2.75, 3.05) is 4.72 Å². The lowest BCUT2D eigenvalue weighted by atomic mass is 10.2. The Labute approximate surface area is 142 Å². The molecular weight excluding hydrogens is 350 g/mol. The lowest BCUT2D eigenvalue weighted by Crippen LogP contribution is -2.12. The number of rotatable bonds is 6. The van der Waals surface area contributed by atoms with Crippen molar-refractivity contribution in [2.24, 2.45) is 0 Å². The highest BCUT2D eigenvalue weighted by Gasteiger charge is 2.16. The van der Waals surface area contributed by atoms with Crippen LogP contribution in [0.2, 0.25) is 0 Å². The van der Waals surface area contributed by atoms with Crippen LogP contribution < -0.4 is 4.72 Å². The Morgan fingerprint density at radius 2 is 1.61 bits per heavy atom. The van der Waals surface area contributed by atoms with Crippen molar-refractivity contribution in [3.05, 3.63) is 66.2 Å². The summed E-state index contributed by atoms with van der Waals surface area (Å²) in [6, 6.07) is 18.2. The zero-order chi connectivity index (χ0) is 16.1. The van der Waals surface area contributed by atoms with Gasteiger partial charge in [-0.05, 0) is 17.7 Å². The number of hydrogen-bond acceptors (Lipinski definition) is 6. The third kappa shape index (κ3) is 4.31. The molecule has 3 rings (SSSR count). The Hall–Kier alpha value is -1.90. The summed E-state index contributed by atoms with van der Waals surface area (Å²) in [5.74, 6) is 0.765. The Balaban J connectivity index is 1.65. The first-order valence-electron chi connectivity index (χ1n) is 6.71. The SMILES string of the molecule is O=S(=O)(Nc1nnc(SCc2ccccc2)s1)c1ccccc1. The van der Waals surface area contributed by atoms with Gasteiger partial charge >= 0.3 is 0 Å². The minimum atomic E-state index is -3.62. The average Bonchev–Trinajstić information content (AvgIpc) is 3.01. The van der Waals surface area contributed by atoms with E-state index in [1.807, 2.05) is 30.3 Å². The third-order valence-corrected chi connectivity index (χ3v) is 6.41. The number of nitrogens with zero attached hydrogens (tertiary/aromatic N) is 2. The number of anilines is 1. The number of hydrogen-bond donors (Lipinski definition) is 1. The van der Waals surface area contributed by atoms with E-state index < -0.39 is 10.0 Å². The number of thioether (sulfide) groups is 1. The summed E-state index contributed by atoms with van der Waals surface area (Å²) in [7, 11) is -3.62. The molecule has 0 saturated carbocycles. The third-order valence-electron chi connectivity index (χ3n) is 2.89. The molecule has 5 nitrogen and oxygen atoms in total. The average molecular weight is 363 g/mol. The fourth-order valence-corrected chi connectivity index (χ4v) is 4.76. The molecule has 0 fully saturated rings. The summed E-state index contributed by atoms with van der Waals surface area (Å²) in [6.45, 7) is 0. The van der Waals surface area contributed by atoms with E-state index in [2.05, 4.69) is 14.9 Å². The van der Waals surface area contributed by atoms with Crippen molar-refractivity contribution < 1.29 is 8.42 Å². The van der Waals surface area contributed by atoms with Crippen molar-refractivity contribution in [1.82, 2.24) is 10.2 Å². The molecule has 0 aliphatic heterocycles. The van der Waals surface area contributed by atoms with Crippen LogP contribution in [0.1, 0.15) is 5.56 Å². The molecule has 0 radical (unpaired) electrons. The first-order valence-corrected chi connectivity index (χ1v) is 10.0. The quantitative estimate of drug-likeness (QED) is 0.677. The highest BCUT2D eigenvalue weighted by molar-refractivity contribution is 8.00. The second-order valence-electron chi connectivity index (χ2n) is 4.57. The predicted octanol–water partition coefficient (Wildman–Crippen LogP) is 3.63. The van der Waals surface area contributed by atoms with E-state index in [0.717, 1.165) is 10.1 Å². The molecule has 0 atom stereocenters. The minimum Gasteiger partial charge on any atom is -0.253 e. The highest BCUT2D eigenvalue weighted by Crippen LogP contribution is 2.29. The molecule has 0 saturated heterocycles. The highest BCUT2D eigenvalue weighted by atomic mass is 32.2. The molecule has 0 spiro atoms. The maximum atomic E-state index is 12.2. The number of benzene rings is 2. The van der Waals surface area contributed by atoms with Crippen LogP contribution in [0, 0.1) is 0 Å². The van der Waals surface area contributed by atoms with Crippen LogP contribution in [0.3, 0.4) is 0 Å². The van der Waals surface area contributed by atoms with Gasteiger partial charge in [0.05, 0.1) is 4.90 Å². The fourth-order valence-electron chi connectivity index (χ4n) is 1.80. The number of nitrogens with one attached hydrogen (secondary N) is 1. The molecule has 118 valence electrons. The molecule has 3 aromatic rings. The van der Waals surface area contributed by atoms with E-state index in [1.54, 1.807) is 18.2 Å². The Bertz CT molecular complexity index is 865. The summed E-state index contributed by atoms with van der Waals surface area (Å²) in [6.07, 6.45) is 0. The Morgan fingerprint density at radius 1 is 0.957 bits per heavy atom. The van der Waals surface area contributed by atoms with Crippen LogP contribution in [0.25, 0.3) is 0 Å². The predicted molar refractivity (Wildman–Crippen MR) is 93.2 cm³/mol. The van der Waals surface area contributed by atoms with Gasteiger partial charge in [-0.2, -0.15) is 0 Å². The topological polar surface area (TPSA) is 72.0 Å². The van der Waals surface area contributed by atoms with Crippen LogP contribution in [0.5, 0.6) is 0 Å². The fraction of sp³-hybridized carbons (Fsp3) is 0.0667. The van der Waals surface area contributed by atoms with Gasteiger partial charge in [-0.25, -0.2) is 8.42 Å². The molecule has 0 unspecified atom stereocenters. The van der Waals surface area contributed by atoms with Gasteiger partial charge in [0.25, 0.3) is 10.0 Å². The van der Waals surface area contributed by atoms with E-state index in [-0.39, 0.29) is 10.0 Å². The zero-order valence-corrected chi connectivity index (χ0v) is 14.4. The first-order chi connectivity index (χ1) is 11.1. The van der Waals surface area contributed by atoms with Gasteiger partial charge in [0, 0.05) is 5.75 Å². The van der Waals surface area contributed by atoms with E-state index in [1.165, 1.54) is 40.8 Å². The van der Waals surface area contributed by atoms with Crippen molar-refractivity contribution in [1.29, 1.82) is 0 Å². The van der Waals surface area contributed by atoms with Crippen LogP contribution in [-0.2, 0) is 15.8 Å². The molecule has 0 aliphatic carbocycles. The lowest BCUT2D eigenvalue weighted by Gasteiger charge is -2.03. The number of aromatic nitrogens is 2. The van der Waals surface area contributed by atoms with E-state index >= 15 is 0 Å². The summed E-state index contributed by atoms with van der Waals surface area (Å²) >= 11 is 2.75. The van der Waals surface area contributed by atoms with Crippen LogP contribution in [0.4, 0.5) is 5.13 Å². The second-order valence-corrected chi connectivity index (χ2v) is 8.45. The van der Waals surface area contributed by atoms with Crippen molar-refractivity contribution >= 4 is 38.3 Å². The summed E-state index contributed by atoms with van der Waals surface area (Å²) in [5, 5.41) is 8.18. The van der Waals surface area contributed by atoms with Gasteiger partial charge in [-0.1, -0.05) is 71.6 Å². The standard InChI is InChI=1S/C15H13N3O2S3/c19-23(20,13-9-5-2-6-10-13)18-14-16-17-15(22-14)21-11-12-7-3-1-4-8-12/h1-10H,11H2,(H,16,18). The van der Waals surface area contributed by atoms with Gasteiger partial charge in [0.15, 0.2) is 4.34 Å². The van der Waals surface area contributed by atoms with Crippen molar-refractivity contribution in [3.63, 3.8) is 0 Å². The maximum absolute atomic E-state index is 12.2. The van der Waals surface area contributed by atoms with Gasteiger partial charge in [-0.15, -0.1) is 10.2 Å². The molecule has 8 heteroatoms. The van der Waals surface area contributed by atoms with Gasteiger partial charge in [-0.3, -0.25) is 4.72 Å². The summed E-state index contributed by atoms with van der Waals surface area (Å²) < 4.78 is 27.6. The van der Waals surface area contributed by atoms with Crippen LogP contribution in [0.15, 0.2) is 69.9 Å². The van der Waals surface area contributed by atoms with Gasteiger partial charge in [0.1, 0.15) is 0 Å². The Morgan fingerprint density at radius 3 is 2.30 bits per heavy atom. The Kier molecular flexibility index (Phi) is 4.94. The molecule has 0 aliphatic rings. The monoisotopic (exact) mass is 363 g/mol. The van der Waals surface area contributed by atoms with E-state index in [4.69, 9.17) is 0 Å². The summed E-state index contributed by atoms with van der Waals surface area (Å²) in [5.41, 5.74) is 1.18. The van der Waals surface area contributed by atoms with Crippen LogP contribution >= 0.6 is 23.1 Å². The maximum Gasteiger partial charge on any atom is 0.263 e. The van der Waals surface area contributed by atoms with E-state index in [0.29, 0.717) is 0 Å². The lowest BCUT2D eigenvalue weighted by molar-refractivity contribution is 0.601. The molecule has 2 aromatic carbocycles. The smallest absolute Gasteiger partial charge is 0.253 e. The van der Waals surface area contributed by atoms with Crippen LogP contribution in [-0.4, -0.2) is 18.6 Å². The normalized spacial score (nSPS) is 11.3. The second kappa shape index (κ2) is 7.12. The molecule has 0 amide bonds. The molecule has 1 aromatic heterocycles. The van der Waals surface area contributed by atoms with Crippen molar-refractivity contribution in [3.8, 4) is 0 Å². The molecule has 1 N–H and O–H groups in total. The van der Waals surface area contributed by atoms with Gasteiger partial charge in [0.2, 0.25) is 5.13 Å². The number of sulfonamides is 1. The molecule has 23 heavy (non-hydrogen) atoms. The first kappa shape index (κ1) is 16.0. The van der Waals surface area contributed by atoms with Gasteiger partial charge < -0.3 is 0 Å². The van der Waals surface area contributed by atoms with E-state index in [9.17, 15) is 8.42 Å².